The van der Waals surface area contributed by atoms with Crippen LogP contribution in [-0.4, -0.2) is 35.7 Å². The van der Waals surface area contributed by atoms with Gasteiger partial charge in [-0.1, -0.05) is 42.5 Å². The lowest BCUT2D eigenvalue weighted by Gasteiger charge is -2.21. The number of amides is 2. The van der Waals surface area contributed by atoms with E-state index in [0.29, 0.717) is 11.3 Å². The summed E-state index contributed by atoms with van der Waals surface area (Å²) in [6.45, 7) is 3.38. The molecule has 0 saturated heterocycles. The third-order valence-electron chi connectivity index (χ3n) is 6.18. The van der Waals surface area contributed by atoms with E-state index in [1.807, 2.05) is 68.7 Å². The molecule has 0 saturated carbocycles. The van der Waals surface area contributed by atoms with Crippen molar-refractivity contribution in [2.24, 2.45) is 0 Å². The van der Waals surface area contributed by atoms with E-state index >= 15 is 0 Å². The van der Waals surface area contributed by atoms with Gasteiger partial charge in [0.1, 0.15) is 0 Å². The summed E-state index contributed by atoms with van der Waals surface area (Å²) in [7, 11) is 4.03. The number of benzene rings is 3. The topological polar surface area (TPSA) is 95.8 Å². The van der Waals surface area contributed by atoms with Gasteiger partial charge in [-0.3, -0.25) is 19.7 Å². The molecule has 0 radical (unpaired) electrons. The Labute approximate surface area is 203 Å². The standard InChI is InChI=1S/C27H26N4O4/c1-17(29(3)4)19-10-12-21(13-11-19)28-26(20-8-6-5-7-9-20)25-23-15-14-22(31(34)35)16-24(23)30(18(2)32)27(25)33/h5-17,28H,1-4H3/b26-25-. The Hall–Kier alpha value is -4.30. The lowest BCUT2D eigenvalue weighted by atomic mass is 9.99. The van der Waals surface area contributed by atoms with Crippen LogP contribution in [0.1, 0.15) is 36.6 Å². The first kappa shape index (κ1) is 23.8. The molecule has 1 atom stereocenters. The normalized spacial score (nSPS) is 15.1. The quantitative estimate of drug-likeness (QED) is 0.306. The van der Waals surface area contributed by atoms with Crippen molar-refractivity contribution in [2.45, 2.75) is 19.9 Å². The van der Waals surface area contributed by atoms with Crippen LogP contribution in [0, 0.1) is 10.1 Å². The lowest BCUT2D eigenvalue weighted by Crippen LogP contribution is -2.31. The van der Waals surface area contributed by atoms with E-state index in [9.17, 15) is 19.7 Å². The molecule has 35 heavy (non-hydrogen) atoms. The van der Waals surface area contributed by atoms with E-state index in [2.05, 4.69) is 17.1 Å². The molecule has 1 N–H and O–H groups in total. The highest BCUT2D eigenvalue weighted by Gasteiger charge is 2.38. The number of fused-ring (bicyclic) bond motifs is 1. The van der Waals surface area contributed by atoms with Gasteiger partial charge in [-0.2, -0.15) is 0 Å². The number of carbonyl (C=O) groups excluding carboxylic acids is 2. The maximum absolute atomic E-state index is 13.5. The Kier molecular flexibility index (Phi) is 6.48. The van der Waals surface area contributed by atoms with Crippen molar-refractivity contribution in [1.82, 2.24) is 4.90 Å². The molecule has 1 heterocycles. The van der Waals surface area contributed by atoms with Gasteiger partial charge >= 0.3 is 0 Å². The maximum atomic E-state index is 13.5. The first-order valence-electron chi connectivity index (χ1n) is 11.2. The van der Waals surface area contributed by atoms with E-state index < -0.39 is 16.7 Å². The third-order valence-corrected chi connectivity index (χ3v) is 6.18. The number of anilines is 2. The molecule has 1 aliphatic heterocycles. The fourth-order valence-corrected chi connectivity index (χ4v) is 4.09. The number of rotatable bonds is 6. The molecule has 8 heteroatoms. The Bertz CT molecular complexity index is 1330. The molecule has 4 rings (SSSR count). The molecule has 1 unspecified atom stereocenters. The minimum atomic E-state index is -0.544. The molecule has 0 aliphatic carbocycles. The summed E-state index contributed by atoms with van der Waals surface area (Å²) in [5, 5.41) is 14.7. The Morgan fingerprint density at radius 1 is 1.03 bits per heavy atom. The fraction of sp³-hybridized carbons (Fsp3) is 0.185. The van der Waals surface area contributed by atoms with Gasteiger partial charge in [-0.05, 0) is 50.3 Å². The molecule has 0 bridgehead atoms. The van der Waals surface area contributed by atoms with Gasteiger partial charge in [0.05, 0.1) is 21.9 Å². The molecule has 0 aromatic heterocycles. The van der Waals surface area contributed by atoms with Crippen LogP contribution in [0.4, 0.5) is 17.1 Å². The van der Waals surface area contributed by atoms with Crippen LogP contribution in [0.15, 0.2) is 72.8 Å². The highest BCUT2D eigenvalue weighted by Crippen LogP contribution is 2.43. The number of nitro benzene ring substituents is 1. The van der Waals surface area contributed by atoms with Gasteiger partial charge in [0.25, 0.3) is 11.6 Å². The van der Waals surface area contributed by atoms with E-state index in [-0.39, 0.29) is 23.0 Å². The monoisotopic (exact) mass is 470 g/mol. The minimum absolute atomic E-state index is 0.191. The highest BCUT2D eigenvalue weighted by atomic mass is 16.6. The van der Waals surface area contributed by atoms with Crippen LogP contribution < -0.4 is 10.2 Å². The van der Waals surface area contributed by atoms with Gasteiger partial charge < -0.3 is 10.2 Å². The second-order valence-electron chi connectivity index (χ2n) is 8.62. The zero-order chi connectivity index (χ0) is 25.3. The summed E-state index contributed by atoms with van der Waals surface area (Å²) in [6, 6.07) is 21.6. The number of imide groups is 1. The van der Waals surface area contributed by atoms with Gasteiger partial charge in [0.2, 0.25) is 5.91 Å². The van der Waals surface area contributed by atoms with Crippen LogP contribution in [0.2, 0.25) is 0 Å². The minimum Gasteiger partial charge on any atom is -0.354 e. The number of hydrogen-bond donors (Lipinski definition) is 1. The van der Waals surface area contributed by atoms with Gasteiger partial charge in [0, 0.05) is 36.3 Å². The summed E-state index contributed by atoms with van der Waals surface area (Å²) in [5.41, 5.74) is 3.93. The number of hydrogen-bond acceptors (Lipinski definition) is 6. The summed E-state index contributed by atoms with van der Waals surface area (Å²) in [6.07, 6.45) is 0. The largest absolute Gasteiger partial charge is 0.354 e. The van der Waals surface area contributed by atoms with E-state index in [4.69, 9.17) is 0 Å². The average Bonchev–Trinajstić information content (AvgIpc) is 3.13. The fourth-order valence-electron chi connectivity index (χ4n) is 4.09. The number of nitrogens with one attached hydrogen (secondary N) is 1. The van der Waals surface area contributed by atoms with Crippen LogP contribution in [0.5, 0.6) is 0 Å². The smallest absolute Gasteiger partial charge is 0.271 e. The number of nitrogens with zero attached hydrogens (tertiary/aromatic N) is 3. The Balaban J connectivity index is 1.88. The molecule has 0 spiro atoms. The van der Waals surface area contributed by atoms with Crippen LogP contribution in [-0.2, 0) is 9.59 Å². The van der Waals surface area contributed by atoms with E-state index in [1.54, 1.807) is 0 Å². The maximum Gasteiger partial charge on any atom is 0.271 e. The van der Waals surface area contributed by atoms with Gasteiger partial charge in [-0.15, -0.1) is 0 Å². The lowest BCUT2D eigenvalue weighted by molar-refractivity contribution is -0.384. The van der Waals surface area contributed by atoms with Crippen LogP contribution in [0.3, 0.4) is 0 Å². The summed E-state index contributed by atoms with van der Waals surface area (Å²) in [5.74, 6) is -1.04. The second kappa shape index (κ2) is 9.52. The Morgan fingerprint density at radius 3 is 2.26 bits per heavy atom. The number of nitro groups is 1. The zero-order valence-corrected chi connectivity index (χ0v) is 20.0. The predicted molar refractivity (Wildman–Crippen MR) is 137 cm³/mol. The first-order valence-corrected chi connectivity index (χ1v) is 11.2. The van der Waals surface area contributed by atoms with Crippen molar-refractivity contribution in [3.05, 3.63) is 99.6 Å². The SMILES string of the molecule is CC(=O)N1C(=O)/C(=C(\Nc2ccc(C(C)N(C)C)cc2)c2ccccc2)c2ccc([N+](=O)[O-])cc21. The third kappa shape index (κ3) is 4.56. The molecular weight excluding hydrogens is 444 g/mol. The molecule has 178 valence electrons. The van der Waals surface area contributed by atoms with Crippen molar-refractivity contribution in [1.29, 1.82) is 0 Å². The summed E-state index contributed by atoms with van der Waals surface area (Å²) >= 11 is 0. The summed E-state index contributed by atoms with van der Waals surface area (Å²) < 4.78 is 0. The highest BCUT2D eigenvalue weighted by molar-refractivity contribution is 6.43. The van der Waals surface area contributed by atoms with Gasteiger partial charge in [-0.25, -0.2) is 4.90 Å². The molecular formula is C27H26N4O4. The first-order chi connectivity index (χ1) is 16.7. The van der Waals surface area contributed by atoms with Crippen molar-refractivity contribution in [3.8, 4) is 0 Å². The molecule has 8 nitrogen and oxygen atoms in total. The molecule has 3 aromatic rings. The average molecular weight is 471 g/mol. The van der Waals surface area contributed by atoms with Crippen molar-refractivity contribution >= 4 is 40.1 Å². The van der Waals surface area contributed by atoms with E-state index in [1.165, 1.54) is 25.1 Å². The second-order valence-corrected chi connectivity index (χ2v) is 8.62. The molecule has 0 fully saturated rings. The van der Waals surface area contributed by atoms with Crippen LogP contribution in [0.25, 0.3) is 11.3 Å². The van der Waals surface area contributed by atoms with Crippen molar-refractivity contribution in [3.63, 3.8) is 0 Å². The number of carbonyl (C=O) groups is 2. The molecule has 3 aromatic carbocycles. The van der Waals surface area contributed by atoms with Crippen molar-refractivity contribution in [2.75, 3.05) is 24.3 Å². The molecule has 2 amide bonds. The molecule has 1 aliphatic rings. The van der Waals surface area contributed by atoms with Gasteiger partial charge in [0.15, 0.2) is 0 Å². The zero-order valence-electron chi connectivity index (χ0n) is 20.0. The predicted octanol–water partition coefficient (Wildman–Crippen LogP) is 5.09. The number of non-ortho nitro benzene ring substituents is 1. The van der Waals surface area contributed by atoms with E-state index in [0.717, 1.165) is 21.7 Å². The summed E-state index contributed by atoms with van der Waals surface area (Å²) in [4.78, 5) is 39.9. The van der Waals surface area contributed by atoms with Crippen LogP contribution >= 0.6 is 0 Å². The van der Waals surface area contributed by atoms with Crippen molar-refractivity contribution < 1.29 is 14.5 Å². The Morgan fingerprint density at radius 2 is 1.69 bits per heavy atom.